The van der Waals surface area contributed by atoms with Gasteiger partial charge in [0, 0.05) is 28.4 Å². The van der Waals surface area contributed by atoms with E-state index >= 15 is 0 Å². The average molecular weight is 496 g/mol. The molecule has 2 amide bonds. The van der Waals surface area contributed by atoms with Gasteiger partial charge in [-0.15, -0.1) is 11.8 Å². The molecule has 0 heterocycles. The van der Waals surface area contributed by atoms with Gasteiger partial charge in [0.2, 0.25) is 11.8 Å². The Kier molecular flexibility index (Phi) is 10.9. The van der Waals surface area contributed by atoms with E-state index in [9.17, 15) is 9.59 Å². The third-order valence-electron chi connectivity index (χ3n) is 5.36. The molecule has 0 saturated heterocycles. The number of benzene rings is 2. The summed E-state index contributed by atoms with van der Waals surface area (Å²) in [7, 11) is 0. The third kappa shape index (κ3) is 7.72. The molecule has 4 nitrogen and oxygen atoms in total. The number of carbonyl (C=O) groups excluding carboxylic acids is 2. The second-order valence-corrected chi connectivity index (χ2v) is 9.75. The number of aryl methyl sites for hydroxylation is 1. The molecule has 0 radical (unpaired) electrons. The fraction of sp³-hybridized carbons (Fsp3) is 0.440. The lowest BCUT2D eigenvalue weighted by molar-refractivity contribution is -0.139. The summed E-state index contributed by atoms with van der Waals surface area (Å²) in [5.74, 6) is 0.576. The van der Waals surface area contributed by atoms with Crippen LogP contribution in [0.5, 0.6) is 0 Å². The lowest BCUT2D eigenvalue weighted by atomic mass is 10.1. The molecule has 2 atom stereocenters. The maximum Gasteiger partial charge on any atom is 0.243 e. The lowest BCUT2D eigenvalue weighted by Gasteiger charge is -2.31. The van der Waals surface area contributed by atoms with Crippen LogP contribution >= 0.6 is 35.0 Å². The van der Waals surface area contributed by atoms with Crippen LogP contribution in [0.1, 0.15) is 50.3 Å². The first kappa shape index (κ1) is 26.6. The minimum absolute atomic E-state index is 0.0595. The molecule has 0 aliphatic heterocycles. The highest BCUT2D eigenvalue weighted by Gasteiger charge is 2.29. The molecule has 2 aromatic carbocycles. The van der Waals surface area contributed by atoms with Gasteiger partial charge in [0.1, 0.15) is 6.04 Å². The molecule has 0 aliphatic rings. The van der Waals surface area contributed by atoms with Crippen LogP contribution < -0.4 is 5.32 Å². The molecule has 32 heavy (non-hydrogen) atoms. The van der Waals surface area contributed by atoms with Crippen LogP contribution in [0.3, 0.4) is 0 Å². The fourth-order valence-electron chi connectivity index (χ4n) is 3.36. The smallest absolute Gasteiger partial charge is 0.243 e. The Morgan fingerprint density at radius 1 is 1.06 bits per heavy atom. The van der Waals surface area contributed by atoms with E-state index in [1.165, 1.54) is 11.8 Å². The van der Waals surface area contributed by atoms with Crippen molar-refractivity contribution in [3.63, 3.8) is 0 Å². The number of carbonyl (C=O) groups is 2. The number of nitrogens with one attached hydrogen (secondary N) is 1. The molecule has 2 aromatic rings. The average Bonchev–Trinajstić information content (AvgIpc) is 2.75. The Morgan fingerprint density at radius 3 is 2.31 bits per heavy atom. The molecule has 0 aliphatic carbocycles. The maximum atomic E-state index is 13.3. The zero-order valence-corrected chi connectivity index (χ0v) is 21.5. The molecule has 2 rings (SSSR count). The van der Waals surface area contributed by atoms with Crippen molar-refractivity contribution in [1.29, 1.82) is 0 Å². The van der Waals surface area contributed by atoms with Gasteiger partial charge in [-0.1, -0.05) is 72.9 Å². The van der Waals surface area contributed by atoms with E-state index in [0.717, 1.165) is 23.1 Å². The van der Waals surface area contributed by atoms with Crippen LogP contribution in [-0.4, -0.2) is 34.6 Å². The van der Waals surface area contributed by atoms with Gasteiger partial charge in [-0.3, -0.25) is 9.59 Å². The topological polar surface area (TPSA) is 49.4 Å². The van der Waals surface area contributed by atoms with Crippen molar-refractivity contribution in [2.24, 2.45) is 0 Å². The first-order chi connectivity index (χ1) is 15.3. The van der Waals surface area contributed by atoms with E-state index in [2.05, 4.69) is 11.4 Å². The van der Waals surface area contributed by atoms with E-state index in [0.29, 0.717) is 28.8 Å². The zero-order valence-electron chi connectivity index (χ0n) is 19.2. The van der Waals surface area contributed by atoms with E-state index in [1.54, 1.807) is 23.1 Å². The Labute approximate surface area is 206 Å². The van der Waals surface area contributed by atoms with Crippen molar-refractivity contribution >= 4 is 46.8 Å². The Hall–Kier alpha value is -1.69. The van der Waals surface area contributed by atoms with Gasteiger partial charge in [-0.05, 0) is 49.9 Å². The summed E-state index contributed by atoms with van der Waals surface area (Å²) >= 11 is 14.0. The highest BCUT2D eigenvalue weighted by atomic mass is 35.5. The van der Waals surface area contributed by atoms with E-state index in [-0.39, 0.29) is 23.6 Å². The Morgan fingerprint density at radius 2 is 1.72 bits per heavy atom. The first-order valence-corrected chi connectivity index (χ1v) is 12.8. The van der Waals surface area contributed by atoms with Crippen molar-refractivity contribution in [1.82, 2.24) is 10.2 Å². The number of thioether (sulfide) groups is 1. The van der Waals surface area contributed by atoms with Gasteiger partial charge < -0.3 is 10.2 Å². The molecule has 0 spiro atoms. The number of rotatable bonds is 11. The summed E-state index contributed by atoms with van der Waals surface area (Å²) in [5, 5.41) is 4.22. The van der Waals surface area contributed by atoms with Crippen LogP contribution in [0.2, 0.25) is 10.0 Å². The molecule has 1 N–H and O–H groups in total. The SMILES string of the molecule is CC[C@@H](C)NC(=O)[C@@H](CC)N(Cc1cccc(C)c1)C(=O)CSCc1c(Cl)cccc1Cl. The second kappa shape index (κ2) is 13.1. The third-order valence-corrected chi connectivity index (χ3v) is 7.01. The number of hydrogen-bond acceptors (Lipinski definition) is 3. The van der Waals surface area contributed by atoms with Gasteiger partial charge in [0.15, 0.2) is 0 Å². The van der Waals surface area contributed by atoms with E-state index in [1.807, 2.05) is 45.9 Å². The molecule has 7 heteroatoms. The van der Waals surface area contributed by atoms with Crippen molar-refractivity contribution in [2.45, 2.75) is 64.9 Å². The van der Waals surface area contributed by atoms with Crippen molar-refractivity contribution in [3.05, 3.63) is 69.2 Å². The summed E-state index contributed by atoms with van der Waals surface area (Å²) in [6.07, 6.45) is 1.38. The first-order valence-electron chi connectivity index (χ1n) is 10.9. The molecule has 174 valence electrons. The van der Waals surface area contributed by atoms with Gasteiger partial charge in [-0.2, -0.15) is 0 Å². The molecular weight excluding hydrogens is 463 g/mol. The van der Waals surface area contributed by atoms with Crippen molar-refractivity contribution in [3.8, 4) is 0 Å². The maximum absolute atomic E-state index is 13.3. The summed E-state index contributed by atoms with van der Waals surface area (Å²) < 4.78 is 0. The van der Waals surface area contributed by atoms with Crippen molar-refractivity contribution < 1.29 is 9.59 Å². The summed E-state index contributed by atoms with van der Waals surface area (Å²) in [5.41, 5.74) is 2.95. The largest absolute Gasteiger partial charge is 0.352 e. The van der Waals surface area contributed by atoms with Crippen LogP contribution in [0.25, 0.3) is 0 Å². The monoisotopic (exact) mass is 494 g/mol. The van der Waals surface area contributed by atoms with Gasteiger partial charge >= 0.3 is 0 Å². The Bertz CT molecular complexity index is 902. The van der Waals surface area contributed by atoms with Gasteiger partial charge in [0.25, 0.3) is 0 Å². The normalized spacial score (nSPS) is 12.8. The Balaban J connectivity index is 2.18. The summed E-state index contributed by atoms with van der Waals surface area (Å²) in [6, 6.07) is 13.0. The minimum Gasteiger partial charge on any atom is -0.352 e. The van der Waals surface area contributed by atoms with Crippen molar-refractivity contribution in [2.75, 3.05) is 5.75 Å². The van der Waals surface area contributed by atoms with Crippen LogP contribution in [0, 0.1) is 6.92 Å². The van der Waals surface area contributed by atoms with Crippen LogP contribution in [0.15, 0.2) is 42.5 Å². The van der Waals surface area contributed by atoms with Gasteiger partial charge in [-0.25, -0.2) is 0 Å². The predicted molar refractivity (Wildman–Crippen MR) is 136 cm³/mol. The fourth-order valence-corrected chi connectivity index (χ4v) is 5.01. The van der Waals surface area contributed by atoms with E-state index < -0.39 is 6.04 Å². The standard InChI is InChI=1S/C25H32Cl2N2O2S/c1-5-18(4)28-25(31)23(6-2)29(14-19-10-7-9-17(3)13-19)24(30)16-32-15-20-21(26)11-8-12-22(20)27/h7-13,18,23H,5-6,14-16H2,1-4H3,(H,28,31)/t18-,23-/m1/s1. The quantitative estimate of drug-likeness (QED) is 0.401. The minimum atomic E-state index is -0.526. The number of hydrogen-bond donors (Lipinski definition) is 1. The predicted octanol–water partition coefficient (Wildman–Crippen LogP) is 6.26. The molecule has 0 saturated carbocycles. The van der Waals surface area contributed by atoms with E-state index in [4.69, 9.17) is 23.2 Å². The van der Waals surface area contributed by atoms with Crippen LogP contribution in [-0.2, 0) is 21.9 Å². The molecule has 0 aromatic heterocycles. The summed E-state index contributed by atoms with van der Waals surface area (Å²) in [6.45, 7) is 8.35. The molecule has 0 fully saturated rings. The highest BCUT2D eigenvalue weighted by Crippen LogP contribution is 2.28. The number of amides is 2. The molecule has 0 unspecified atom stereocenters. The summed E-state index contributed by atoms with van der Waals surface area (Å²) in [4.78, 5) is 28.0. The number of nitrogens with zero attached hydrogens (tertiary/aromatic N) is 1. The number of halogens is 2. The zero-order chi connectivity index (χ0) is 23.7. The van der Waals surface area contributed by atoms with Gasteiger partial charge in [0.05, 0.1) is 5.75 Å². The van der Waals surface area contributed by atoms with Crippen LogP contribution in [0.4, 0.5) is 0 Å². The lowest BCUT2D eigenvalue weighted by Crippen LogP contribution is -2.51. The molecule has 0 bridgehead atoms. The second-order valence-electron chi connectivity index (χ2n) is 7.95. The molecular formula is C25H32Cl2N2O2S. The highest BCUT2D eigenvalue weighted by molar-refractivity contribution is 7.99.